The highest BCUT2D eigenvalue weighted by Crippen LogP contribution is 2.26. The number of rotatable bonds is 5. The third kappa shape index (κ3) is 3.33. The molecule has 3 unspecified atom stereocenters. The zero-order chi connectivity index (χ0) is 14.7. The van der Waals surface area contributed by atoms with Crippen molar-refractivity contribution in [3.63, 3.8) is 0 Å². The summed E-state index contributed by atoms with van der Waals surface area (Å²) in [5.74, 6) is 0. The van der Waals surface area contributed by atoms with Crippen LogP contribution in [-0.4, -0.2) is 31.8 Å². The van der Waals surface area contributed by atoms with Gasteiger partial charge in [-0.1, -0.05) is 13.0 Å². The van der Waals surface area contributed by atoms with E-state index in [9.17, 15) is 0 Å². The highest BCUT2D eigenvalue weighted by Gasteiger charge is 2.28. The van der Waals surface area contributed by atoms with E-state index in [1.807, 2.05) is 0 Å². The van der Waals surface area contributed by atoms with E-state index in [0.717, 1.165) is 25.9 Å². The van der Waals surface area contributed by atoms with Crippen molar-refractivity contribution in [1.82, 2.24) is 0 Å². The van der Waals surface area contributed by atoms with Gasteiger partial charge in [-0.05, 0) is 56.4 Å². The molecular weight excluding hydrogens is 248 g/mol. The van der Waals surface area contributed by atoms with E-state index in [2.05, 4.69) is 50.9 Å². The van der Waals surface area contributed by atoms with Gasteiger partial charge >= 0.3 is 0 Å². The van der Waals surface area contributed by atoms with Gasteiger partial charge < -0.3 is 15.4 Å². The van der Waals surface area contributed by atoms with Crippen LogP contribution in [0.3, 0.4) is 0 Å². The fourth-order valence-corrected chi connectivity index (χ4v) is 2.98. The van der Waals surface area contributed by atoms with Crippen LogP contribution < -0.4 is 10.6 Å². The molecule has 1 aromatic rings. The number of anilines is 1. The number of benzene rings is 1. The van der Waals surface area contributed by atoms with Gasteiger partial charge in [0.15, 0.2) is 0 Å². The molecule has 20 heavy (non-hydrogen) atoms. The molecule has 2 N–H and O–H groups in total. The van der Waals surface area contributed by atoms with Crippen molar-refractivity contribution in [2.45, 2.75) is 58.2 Å². The summed E-state index contributed by atoms with van der Waals surface area (Å²) in [4.78, 5) is 2.36. The number of hydrogen-bond donors (Lipinski definition) is 1. The first-order valence-electron chi connectivity index (χ1n) is 7.72. The number of hydrogen-bond acceptors (Lipinski definition) is 3. The van der Waals surface area contributed by atoms with Gasteiger partial charge in [0.2, 0.25) is 0 Å². The maximum absolute atomic E-state index is 6.06. The molecule has 112 valence electrons. The molecule has 2 rings (SSSR count). The summed E-state index contributed by atoms with van der Waals surface area (Å²) in [6.45, 7) is 7.36. The van der Waals surface area contributed by atoms with Crippen LogP contribution >= 0.6 is 0 Å². The summed E-state index contributed by atoms with van der Waals surface area (Å²) in [6.07, 6.45) is 3.42. The zero-order valence-corrected chi connectivity index (χ0v) is 13.2. The summed E-state index contributed by atoms with van der Waals surface area (Å²) in [7, 11) is 2.17. The molecule has 0 bridgehead atoms. The lowest BCUT2D eigenvalue weighted by molar-refractivity contribution is 0.118. The summed E-state index contributed by atoms with van der Waals surface area (Å²) in [5, 5.41) is 0. The minimum atomic E-state index is 0.264. The minimum Gasteiger partial charge on any atom is -0.376 e. The SMILES string of the molecule is CCC(N)Cc1ccc(N(C)C2CCOC2C)cc1C. The summed E-state index contributed by atoms with van der Waals surface area (Å²) in [5.41, 5.74) is 10.0. The van der Waals surface area contributed by atoms with Crippen molar-refractivity contribution < 1.29 is 4.74 Å². The van der Waals surface area contributed by atoms with E-state index < -0.39 is 0 Å². The minimum absolute atomic E-state index is 0.264. The fraction of sp³-hybridized carbons (Fsp3) is 0.647. The highest BCUT2D eigenvalue weighted by atomic mass is 16.5. The van der Waals surface area contributed by atoms with Gasteiger partial charge in [0, 0.05) is 25.4 Å². The van der Waals surface area contributed by atoms with E-state index in [0.29, 0.717) is 12.1 Å². The molecule has 0 radical (unpaired) electrons. The van der Waals surface area contributed by atoms with E-state index in [1.165, 1.54) is 16.8 Å². The van der Waals surface area contributed by atoms with Gasteiger partial charge in [-0.25, -0.2) is 0 Å². The zero-order valence-electron chi connectivity index (χ0n) is 13.2. The normalized spacial score (nSPS) is 23.9. The summed E-state index contributed by atoms with van der Waals surface area (Å²) in [6, 6.07) is 7.48. The number of nitrogens with two attached hydrogens (primary N) is 1. The van der Waals surface area contributed by atoms with Gasteiger partial charge in [0.1, 0.15) is 0 Å². The van der Waals surface area contributed by atoms with Crippen molar-refractivity contribution in [2.75, 3.05) is 18.6 Å². The Hall–Kier alpha value is -1.06. The Labute approximate surface area is 123 Å². The van der Waals surface area contributed by atoms with Crippen LogP contribution in [0.4, 0.5) is 5.69 Å². The van der Waals surface area contributed by atoms with Crippen molar-refractivity contribution >= 4 is 5.69 Å². The van der Waals surface area contributed by atoms with Crippen LogP contribution in [0, 0.1) is 6.92 Å². The van der Waals surface area contributed by atoms with E-state index >= 15 is 0 Å². The predicted molar refractivity (Wildman–Crippen MR) is 85.4 cm³/mol. The second-order valence-electron chi connectivity index (χ2n) is 6.03. The molecule has 0 amide bonds. The maximum atomic E-state index is 6.06. The lowest BCUT2D eigenvalue weighted by atomic mass is 9.99. The molecule has 3 atom stereocenters. The first kappa shape index (κ1) is 15.3. The monoisotopic (exact) mass is 276 g/mol. The molecule has 1 aliphatic rings. The number of ether oxygens (including phenoxy) is 1. The Bertz CT molecular complexity index is 447. The molecule has 1 heterocycles. The fourth-order valence-electron chi connectivity index (χ4n) is 2.98. The van der Waals surface area contributed by atoms with Gasteiger partial charge in [-0.2, -0.15) is 0 Å². The van der Waals surface area contributed by atoms with E-state index in [1.54, 1.807) is 0 Å². The van der Waals surface area contributed by atoms with Gasteiger partial charge in [-0.3, -0.25) is 0 Å². The first-order chi connectivity index (χ1) is 9.52. The van der Waals surface area contributed by atoms with Crippen LogP contribution in [0.2, 0.25) is 0 Å². The van der Waals surface area contributed by atoms with E-state index in [-0.39, 0.29) is 6.04 Å². The Balaban J connectivity index is 2.12. The molecule has 3 heteroatoms. The van der Waals surface area contributed by atoms with Gasteiger partial charge in [0.05, 0.1) is 12.1 Å². The van der Waals surface area contributed by atoms with Crippen molar-refractivity contribution in [2.24, 2.45) is 5.73 Å². The van der Waals surface area contributed by atoms with Crippen LogP contribution in [-0.2, 0) is 11.2 Å². The number of aryl methyl sites for hydroxylation is 1. The molecule has 1 saturated heterocycles. The first-order valence-corrected chi connectivity index (χ1v) is 7.72. The Morgan fingerprint density at radius 3 is 2.75 bits per heavy atom. The lowest BCUT2D eigenvalue weighted by Crippen LogP contribution is -2.36. The van der Waals surface area contributed by atoms with Gasteiger partial charge in [0.25, 0.3) is 0 Å². The lowest BCUT2D eigenvalue weighted by Gasteiger charge is -2.29. The van der Waals surface area contributed by atoms with Crippen LogP contribution in [0.1, 0.15) is 37.8 Å². The molecule has 1 fully saturated rings. The standard InChI is InChI=1S/C17H28N2O/c1-5-15(18)11-14-6-7-16(10-12(14)2)19(4)17-8-9-20-13(17)3/h6-7,10,13,15,17H,5,8-9,11,18H2,1-4H3. The van der Waals surface area contributed by atoms with Crippen LogP contribution in [0.15, 0.2) is 18.2 Å². The Morgan fingerprint density at radius 2 is 2.20 bits per heavy atom. The molecule has 3 nitrogen and oxygen atoms in total. The average Bonchev–Trinajstić information content (AvgIpc) is 2.86. The molecule has 0 aromatic heterocycles. The highest BCUT2D eigenvalue weighted by molar-refractivity contribution is 5.51. The number of likely N-dealkylation sites (N-methyl/N-ethyl adjacent to an activating group) is 1. The molecule has 0 saturated carbocycles. The second-order valence-corrected chi connectivity index (χ2v) is 6.03. The van der Waals surface area contributed by atoms with Crippen molar-refractivity contribution in [3.05, 3.63) is 29.3 Å². The van der Waals surface area contributed by atoms with Crippen molar-refractivity contribution in [3.8, 4) is 0 Å². The van der Waals surface area contributed by atoms with Crippen molar-refractivity contribution in [1.29, 1.82) is 0 Å². The smallest absolute Gasteiger partial charge is 0.0750 e. The second kappa shape index (κ2) is 6.59. The third-order valence-electron chi connectivity index (χ3n) is 4.57. The molecule has 0 spiro atoms. The molecule has 1 aromatic carbocycles. The predicted octanol–water partition coefficient (Wildman–Crippen LogP) is 2.89. The summed E-state index contributed by atoms with van der Waals surface area (Å²) < 4.78 is 5.67. The van der Waals surface area contributed by atoms with E-state index in [4.69, 9.17) is 10.5 Å². The third-order valence-corrected chi connectivity index (χ3v) is 4.57. The Morgan fingerprint density at radius 1 is 1.45 bits per heavy atom. The van der Waals surface area contributed by atoms with Crippen LogP contribution in [0.5, 0.6) is 0 Å². The molecule has 1 aliphatic heterocycles. The molecule has 0 aliphatic carbocycles. The maximum Gasteiger partial charge on any atom is 0.0750 e. The van der Waals surface area contributed by atoms with Gasteiger partial charge in [-0.15, -0.1) is 0 Å². The largest absolute Gasteiger partial charge is 0.376 e. The topological polar surface area (TPSA) is 38.5 Å². The Kier molecular flexibility index (Phi) is 5.06. The summed E-state index contributed by atoms with van der Waals surface area (Å²) >= 11 is 0. The average molecular weight is 276 g/mol. The van der Waals surface area contributed by atoms with Crippen LogP contribution in [0.25, 0.3) is 0 Å². The quantitative estimate of drug-likeness (QED) is 0.898. The number of nitrogens with zero attached hydrogens (tertiary/aromatic N) is 1. The molecular formula is C17H28N2O.